The molecule has 0 radical (unpaired) electrons. The van der Waals surface area contributed by atoms with Gasteiger partial charge in [-0.15, -0.1) is 0 Å². The molecule has 4 rings (SSSR count). The standard InChI is InChI=1S/C27H24N6O2/c1-18(34)33(17-20-2-3-20)26-10-6-21(12-22(26)13-28)25-9-8-24(16-31-25)32-27(35)11-5-19-4-7-23(14-29)30-15-19/h4,6-10,12,15-16,20H,2-3,5,11,17H2,1H3,(H,32,35). The second kappa shape index (κ2) is 10.6. The number of amides is 2. The number of rotatable bonds is 8. The number of nitrogens with zero attached hydrogens (tertiary/aromatic N) is 5. The van der Waals surface area contributed by atoms with E-state index in [1.54, 1.807) is 53.7 Å². The summed E-state index contributed by atoms with van der Waals surface area (Å²) in [6, 6.07) is 16.5. The zero-order valence-electron chi connectivity index (χ0n) is 19.4. The van der Waals surface area contributed by atoms with Crippen molar-refractivity contribution in [2.75, 3.05) is 16.8 Å². The first kappa shape index (κ1) is 23.6. The number of aryl methyl sites for hydroxylation is 1. The first-order valence-corrected chi connectivity index (χ1v) is 11.4. The summed E-state index contributed by atoms with van der Waals surface area (Å²) in [5.74, 6) is 0.283. The highest BCUT2D eigenvalue weighted by molar-refractivity contribution is 5.93. The summed E-state index contributed by atoms with van der Waals surface area (Å²) in [6.45, 7) is 2.16. The Morgan fingerprint density at radius 3 is 2.49 bits per heavy atom. The van der Waals surface area contributed by atoms with Crippen molar-refractivity contribution in [3.05, 3.63) is 71.7 Å². The topological polar surface area (TPSA) is 123 Å². The van der Waals surface area contributed by atoms with E-state index < -0.39 is 0 Å². The third-order valence-corrected chi connectivity index (χ3v) is 5.85. The molecule has 1 N–H and O–H groups in total. The van der Waals surface area contributed by atoms with Crippen LogP contribution in [0, 0.1) is 28.6 Å². The molecule has 35 heavy (non-hydrogen) atoms. The summed E-state index contributed by atoms with van der Waals surface area (Å²) in [6.07, 6.45) is 6.19. The predicted molar refractivity (Wildman–Crippen MR) is 131 cm³/mol. The molecule has 0 saturated heterocycles. The summed E-state index contributed by atoms with van der Waals surface area (Å²) in [5, 5.41) is 21.3. The molecule has 1 aromatic carbocycles. The molecular formula is C27H24N6O2. The number of anilines is 2. The fraction of sp³-hybridized carbons (Fsp3) is 0.259. The fourth-order valence-corrected chi connectivity index (χ4v) is 3.73. The Morgan fingerprint density at radius 2 is 1.89 bits per heavy atom. The van der Waals surface area contributed by atoms with E-state index in [9.17, 15) is 14.9 Å². The number of carbonyl (C=O) groups excluding carboxylic acids is 2. The van der Waals surface area contributed by atoms with Crippen LogP contribution < -0.4 is 10.2 Å². The largest absolute Gasteiger partial charge is 0.325 e. The van der Waals surface area contributed by atoms with Gasteiger partial charge in [0.2, 0.25) is 11.8 Å². The molecule has 174 valence electrons. The number of nitriles is 2. The Morgan fingerprint density at radius 1 is 1.06 bits per heavy atom. The van der Waals surface area contributed by atoms with E-state index in [1.807, 2.05) is 12.1 Å². The molecule has 1 aliphatic carbocycles. The van der Waals surface area contributed by atoms with Crippen molar-refractivity contribution < 1.29 is 9.59 Å². The number of pyridine rings is 2. The Labute approximate surface area is 203 Å². The molecule has 1 saturated carbocycles. The average Bonchev–Trinajstić information content (AvgIpc) is 3.71. The van der Waals surface area contributed by atoms with E-state index >= 15 is 0 Å². The number of nitrogens with one attached hydrogen (secondary N) is 1. The highest BCUT2D eigenvalue weighted by Gasteiger charge is 2.27. The number of hydrogen-bond donors (Lipinski definition) is 1. The van der Waals surface area contributed by atoms with Gasteiger partial charge in [-0.3, -0.25) is 14.6 Å². The summed E-state index contributed by atoms with van der Waals surface area (Å²) < 4.78 is 0. The molecule has 1 aliphatic rings. The van der Waals surface area contributed by atoms with Crippen molar-refractivity contribution in [2.45, 2.75) is 32.6 Å². The summed E-state index contributed by atoms with van der Waals surface area (Å²) in [5.41, 5.74) is 4.26. The summed E-state index contributed by atoms with van der Waals surface area (Å²) >= 11 is 0. The van der Waals surface area contributed by atoms with Crippen molar-refractivity contribution in [3.63, 3.8) is 0 Å². The maximum absolute atomic E-state index is 12.3. The van der Waals surface area contributed by atoms with Gasteiger partial charge in [0, 0.05) is 31.6 Å². The number of benzene rings is 1. The molecule has 1 fully saturated rings. The van der Waals surface area contributed by atoms with Crippen LogP contribution in [-0.2, 0) is 16.0 Å². The maximum atomic E-state index is 12.3. The highest BCUT2D eigenvalue weighted by atomic mass is 16.2. The Balaban J connectivity index is 1.40. The lowest BCUT2D eigenvalue weighted by Crippen LogP contribution is -2.31. The molecule has 0 atom stereocenters. The minimum absolute atomic E-state index is 0.0742. The summed E-state index contributed by atoms with van der Waals surface area (Å²) in [7, 11) is 0. The number of hydrogen-bond acceptors (Lipinski definition) is 6. The first-order valence-electron chi connectivity index (χ1n) is 11.4. The van der Waals surface area contributed by atoms with Crippen molar-refractivity contribution in [1.29, 1.82) is 10.5 Å². The molecule has 0 bridgehead atoms. The monoisotopic (exact) mass is 464 g/mol. The molecule has 0 spiro atoms. The van der Waals surface area contributed by atoms with Gasteiger partial charge in [-0.1, -0.05) is 12.1 Å². The molecule has 0 unspecified atom stereocenters. The lowest BCUT2D eigenvalue weighted by molar-refractivity contribution is -0.117. The van der Waals surface area contributed by atoms with Gasteiger partial charge < -0.3 is 10.2 Å². The molecule has 0 aliphatic heterocycles. The van der Waals surface area contributed by atoms with Crippen molar-refractivity contribution >= 4 is 23.2 Å². The van der Waals surface area contributed by atoms with Crippen LogP contribution in [0.1, 0.15) is 43.0 Å². The maximum Gasteiger partial charge on any atom is 0.224 e. The number of aromatic nitrogens is 2. The third-order valence-electron chi connectivity index (χ3n) is 5.85. The first-order chi connectivity index (χ1) is 17.0. The lowest BCUT2D eigenvalue weighted by atomic mass is 10.0. The second-order valence-electron chi connectivity index (χ2n) is 8.56. The molecule has 8 heteroatoms. The van der Waals surface area contributed by atoms with Gasteiger partial charge in [0.1, 0.15) is 17.8 Å². The van der Waals surface area contributed by atoms with Gasteiger partial charge in [-0.25, -0.2) is 4.98 Å². The molecule has 2 amide bonds. The van der Waals surface area contributed by atoms with Crippen molar-refractivity contribution in [1.82, 2.24) is 9.97 Å². The van der Waals surface area contributed by atoms with Crippen LogP contribution in [0.15, 0.2) is 54.9 Å². The van der Waals surface area contributed by atoms with Crippen LogP contribution in [0.4, 0.5) is 11.4 Å². The van der Waals surface area contributed by atoms with Crippen LogP contribution in [0.25, 0.3) is 11.3 Å². The van der Waals surface area contributed by atoms with E-state index in [4.69, 9.17) is 5.26 Å². The van der Waals surface area contributed by atoms with E-state index in [2.05, 4.69) is 21.4 Å². The van der Waals surface area contributed by atoms with Gasteiger partial charge >= 0.3 is 0 Å². The Bertz CT molecular complexity index is 1320. The van der Waals surface area contributed by atoms with E-state index in [-0.39, 0.29) is 18.2 Å². The lowest BCUT2D eigenvalue weighted by Gasteiger charge is -2.22. The van der Waals surface area contributed by atoms with Crippen molar-refractivity contribution in [3.8, 4) is 23.4 Å². The van der Waals surface area contributed by atoms with Crippen LogP contribution in [0.5, 0.6) is 0 Å². The average molecular weight is 465 g/mol. The summed E-state index contributed by atoms with van der Waals surface area (Å²) in [4.78, 5) is 34.6. The highest BCUT2D eigenvalue weighted by Crippen LogP contribution is 2.33. The zero-order chi connectivity index (χ0) is 24.8. The Kier molecular flexibility index (Phi) is 7.13. The van der Waals surface area contributed by atoms with Crippen molar-refractivity contribution in [2.24, 2.45) is 5.92 Å². The molecule has 8 nitrogen and oxygen atoms in total. The molecule has 2 aromatic heterocycles. The van der Waals surface area contributed by atoms with E-state index in [0.29, 0.717) is 47.2 Å². The van der Waals surface area contributed by atoms with Gasteiger partial charge in [-0.2, -0.15) is 10.5 Å². The van der Waals surface area contributed by atoms with Gasteiger partial charge in [0.15, 0.2) is 0 Å². The van der Waals surface area contributed by atoms with E-state index in [0.717, 1.165) is 24.0 Å². The number of carbonyl (C=O) groups is 2. The SMILES string of the molecule is CC(=O)N(CC1CC1)c1ccc(-c2ccc(NC(=O)CCc3ccc(C#N)nc3)cn2)cc1C#N. The van der Waals surface area contributed by atoms with Gasteiger partial charge in [0.25, 0.3) is 0 Å². The van der Waals surface area contributed by atoms with Crippen LogP contribution in [-0.4, -0.2) is 28.3 Å². The quantitative estimate of drug-likeness (QED) is 0.532. The predicted octanol–water partition coefficient (Wildman–Crippen LogP) is 4.22. The van der Waals surface area contributed by atoms with Crippen LogP contribution in [0.3, 0.4) is 0 Å². The van der Waals surface area contributed by atoms with Gasteiger partial charge in [-0.05, 0) is 61.1 Å². The third kappa shape index (κ3) is 6.07. The molecule has 2 heterocycles. The normalized spacial score (nSPS) is 12.3. The molecule has 3 aromatic rings. The second-order valence-corrected chi connectivity index (χ2v) is 8.56. The van der Waals surface area contributed by atoms with Crippen LogP contribution >= 0.6 is 0 Å². The van der Waals surface area contributed by atoms with Crippen LogP contribution in [0.2, 0.25) is 0 Å². The molecular weight excluding hydrogens is 440 g/mol. The Hall–Kier alpha value is -4.56. The van der Waals surface area contributed by atoms with E-state index in [1.165, 1.54) is 6.92 Å². The zero-order valence-corrected chi connectivity index (χ0v) is 19.4. The smallest absolute Gasteiger partial charge is 0.224 e. The minimum Gasteiger partial charge on any atom is -0.325 e. The fourth-order valence-electron chi connectivity index (χ4n) is 3.73. The minimum atomic E-state index is -0.153. The van der Waals surface area contributed by atoms with Gasteiger partial charge in [0.05, 0.1) is 28.8 Å².